The normalized spacial score (nSPS) is 19.7. The highest BCUT2D eigenvalue weighted by molar-refractivity contribution is 5.96. The zero-order valence-electron chi connectivity index (χ0n) is 18.6. The molecule has 10 nitrogen and oxygen atoms in total. The summed E-state index contributed by atoms with van der Waals surface area (Å²) in [7, 11) is 1.61. The summed E-state index contributed by atoms with van der Waals surface area (Å²) in [5.74, 6) is -0.275. The largest absolute Gasteiger partial charge is 0.478 e. The Labute approximate surface area is 188 Å². The molecule has 0 aromatic heterocycles. The molecule has 0 aliphatic carbocycles. The predicted octanol–water partition coefficient (Wildman–Crippen LogP) is 0.712. The molecule has 0 radical (unpaired) electrons. The zero-order chi connectivity index (χ0) is 22.8. The molecule has 2 fully saturated rings. The zero-order valence-corrected chi connectivity index (χ0v) is 18.6. The predicted molar refractivity (Wildman–Crippen MR) is 121 cm³/mol. The molecule has 10 heteroatoms. The first-order valence-electron chi connectivity index (χ1n) is 11.0. The summed E-state index contributed by atoms with van der Waals surface area (Å²) in [5.41, 5.74) is 0.897. The minimum absolute atomic E-state index is 0.00798. The SMILES string of the molecule is COCCNC(=O)CN1CCN(C(=NC[C@@H]2CCCO2)Nc2cccc(C(=O)O)c2)CC1. The molecular weight excluding hydrogens is 414 g/mol. The summed E-state index contributed by atoms with van der Waals surface area (Å²) in [6.45, 7) is 5.57. The Bertz CT molecular complexity index is 789. The number of anilines is 1. The van der Waals surface area contributed by atoms with E-state index >= 15 is 0 Å². The Morgan fingerprint density at radius 1 is 1.28 bits per heavy atom. The van der Waals surface area contributed by atoms with Gasteiger partial charge >= 0.3 is 5.97 Å². The first-order chi connectivity index (χ1) is 15.5. The topological polar surface area (TPSA) is 116 Å². The van der Waals surface area contributed by atoms with Crippen molar-refractivity contribution < 1.29 is 24.2 Å². The highest BCUT2D eigenvalue weighted by Crippen LogP contribution is 2.15. The highest BCUT2D eigenvalue weighted by atomic mass is 16.5. The number of piperazine rings is 1. The average Bonchev–Trinajstić information content (AvgIpc) is 3.31. The Morgan fingerprint density at radius 3 is 2.78 bits per heavy atom. The lowest BCUT2D eigenvalue weighted by molar-refractivity contribution is -0.122. The van der Waals surface area contributed by atoms with E-state index in [1.54, 1.807) is 25.3 Å². The third-order valence-corrected chi connectivity index (χ3v) is 5.50. The van der Waals surface area contributed by atoms with Gasteiger partial charge in [-0.2, -0.15) is 0 Å². The molecule has 1 amide bonds. The van der Waals surface area contributed by atoms with Crippen molar-refractivity contribution in [2.45, 2.75) is 18.9 Å². The summed E-state index contributed by atoms with van der Waals surface area (Å²) >= 11 is 0. The smallest absolute Gasteiger partial charge is 0.335 e. The van der Waals surface area contributed by atoms with Crippen LogP contribution in [0.1, 0.15) is 23.2 Å². The monoisotopic (exact) mass is 447 g/mol. The number of ether oxygens (including phenoxy) is 2. The summed E-state index contributed by atoms with van der Waals surface area (Å²) < 4.78 is 10.7. The number of nitrogens with one attached hydrogen (secondary N) is 2. The molecule has 0 unspecified atom stereocenters. The summed E-state index contributed by atoms with van der Waals surface area (Å²) in [6.07, 6.45) is 2.17. The molecular formula is C22H33N5O5. The number of nitrogens with zero attached hydrogens (tertiary/aromatic N) is 3. The second-order valence-electron chi connectivity index (χ2n) is 7.92. The number of guanidine groups is 1. The molecule has 176 valence electrons. The molecule has 0 spiro atoms. The fraction of sp³-hybridized carbons (Fsp3) is 0.591. The minimum Gasteiger partial charge on any atom is -0.478 e. The number of carbonyl (C=O) groups excluding carboxylic acids is 1. The van der Waals surface area contributed by atoms with Crippen molar-refractivity contribution in [3.05, 3.63) is 29.8 Å². The van der Waals surface area contributed by atoms with Crippen molar-refractivity contribution in [1.82, 2.24) is 15.1 Å². The second-order valence-corrected chi connectivity index (χ2v) is 7.92. The van der Waals surface area contributed by atoms with Crippen molar-refractivity contribution >= 4 is 23.5 Å². The molecule has 1 aromatic carbocycles. The van der Waals surface area contributed by atoms with Crippen LogP contribution < -0.4 is 10.6 Å². The van der Waals surface area contributed by atoms with Gasteiger partial charge in [0, 0.05) is 52.1 Å². The standard InChI is InChI=1S/C22H33N5O5/c1-31-13-7-23-20(28)16-26-8-10-27(11-9-26)22(24-15-19-6-3-12-32-19)25-18-5-2-4-17(14-18)21(29)30/h2,4-5,14,19H,3,6-13,15-16H2,1H3,(H,23,28)(H,24,25)(H,29,30)/t19-/m0/s1. The van der Waals surface area contributed by atoms with E-state index < -0.39 is 5.97 Å². The van der Waals surface area contributed by atoms with E-state index in [4.69, 9.17) is 14.5 Å². The van der Waals surface area contributed by atoms with Crippen LogP contribution in [0.15, 0.2) is 29.3 Å². The number of methoxy groups -OCH3 is 1. The van der Waals surface area contributed by atoms with E-state index in [-0.39, 0.29) is 17.6 Å². The Kier molecular flexibility index (Phi) is 9.27. The summed E-state index contributed by atoms with van der Waals surface area (Å²) in [4.78, 5) is 32.4. The molecule has 2 saturated heterocycles. The van der Waals surface area contributed by atoms with Crippen molar-refractivity contribution in [2.24, 2.45) is 4.99 Å². The van der Waals surface area contributed by atoms with Crippen LogP contribution in [0, 0.1) is 0 Å². The third-order valence-electron chi connectivity index (χ3n) is 5.50. The van der Waals surface area contributed by atoms with Gasteiger partial charge in [-0.25, -0.2) is 4.79 Å². The van der Waals surface area contributed by atoms with Crippen molar-refractivity contribution in [3.63, 3.8) is 0 Å². The van der Waals surface area contributed by atoms with Gasteiger partial charge in [-0.3, -0.25) is 14.7 Å². The Morgan fingerprint density at radius 2 is 2.09 bits per heavy atom. The molecule has 3 rings (SSSR count). The maximum Gasteiger partial charge on any atom is 0.335 e. The van der Waals surface area contributed by atoms with E-state index in [0.29, 0.717) is 51.0 Å². The maximum atomic E-state index is 12.1. The quantitative estimate of drug-likeness (QED) is 0.288. The van der Waals surface area contributed by atoms with Gasteiger partial charge < -0.3 is 30.1 Å². The lowest BCUT2D eigenvalue weighted by atomic mass is 10.2. The first kappa shape index (κ1) is 24.0. The average molecular weight is 448 g/mol. The van der Waals surface area contributed by atoms with Gasteiger partial charge in [0.2, 0.25) is 5.91 Å². The number of benzene rings is 1. The van der Waals surface area contributed by atoms with Gasteiger partial charge in [-0.15, -0.1) is 0 Å². The maximum absolute atomic E-state index is 12.1. The van der Waals surface area contributed by atoms with Crippen molar-refractivity contribution in [1.29, 1.82) is 0 Å². The molecule has 0 saturated carbocycles. The second kappa shape index (κ2) is 12.4. The number of carboxylic acid groups (broad SMARTS) is 1. The molecule has 32 heavy (non-hydrogen) atoms. The number of rotatable bonds is 9. The third kappa shape index (κ3) is 7.47. The first-order valence-corrected chi connectivity index (χ1v) is 11.0. The van der Waals surface area contributed by atoms with E-state index in [0.717, 1.165) is 32.5 Å². The lowest BCUT2D eigenvalue weighted by Crippen LogP contribution is -2.52. The minimum atomic E-state index is -0.969. The molecule has 2 aliphatic heterocycles. The molecule has 2 aliphatic rings. The molecule has 1 atom stereocenters. The van der Waals surface area contributed by atoms with Crippen LogP contribution in [0.2, 0.25) is 0 Å². The van der Waals surface area contributed by atoms with Gasteiger partial charge in [0.05, 0.1) is 31.4 Å². The summed E-state index contributed by atoms with van der Waals surface area (Å²) in [5, 5.41) is 15.4. The Hall–Kier alpha value is -2.69. The number of hydrogen-bond donors (Lipinski definition) is 3. The number of aliphatic imine (C=N–C) groups is 1. The number of amides is 1. The highest BCUT2D eigenvalue weighted by Gasteiger charge is 2.23. The van der Waals surface area contributed by atoms with E-state index in [1.807, 2.05) is 6.07 Å². The molecule has 3 N–H and O–H groups in total. The van der Waals surface area contributed by atoms with Crippen LogP contribution in [0.3, 0.4) is 0 Å². The van der Waals surface area contributed by atoms with Crippen molar-refractivity contribution in [3.8, 4) is 0 Å². The van der Waals surface area contributed by atoms with Crippen LogP contribution in [-0.2, 0) is 14.3 Å². The number of aromatic carboxylic acids is 1. The van der Waals surface area contributed by atoms with Crippen LogP contribution in [0.25, 0.3) is 0 Å². The van der Waals surface area contributed by atoms with Crippen LogP contribution in [0.5, 0.6) is 0 Å². The van der Waals surface area contributed by atoms with Crippen LogP contribution >= 0.6 is 0 Å². The number of carbonyl (C=O) groups is 2. The fourth-order valence-electron chi connectivity index (χ4n) is 3.72. The van der Waals surface area contributed by atoms with Crippen LogP contribution in [-0.4, -0.2) is 105 Å². The van der Waals surface area contributed by atoms with E-state index in [2.05, 4.69) is 20.4 Å². The van der Waals surface area contributed by atoms with Gasteiger partial charge in [0.1, 0.15) is 0 Å². The molecule has 2 heterocycles. The van der Waals surface area contributed by atoms with Gasteiger partial charge in [-0.05, 0) is 31.0 Å². The fourth-order valence-corrected chi connectivity index (χ4v) is 3.72. The Balaban J connectivity index is 1.60. The van der Waals surface area contributed by atoms with Gasteiger partial charge in [0.25, 0.3) is 0 Å². The molecule has 1 aromatic rings. The van der Waals surface area contributed by atoms with E-state index in [9.17, 15) is 14.7 Å². The summed E-state index contributed by atoms with van der Waals surface area (Å²) in [6, 6.07) is 6.70. The number of hydrogen-bond acceptors (Lipinski definition) is 6. The molecule has 0 bridgehead atoms. The van der Waals surface area contributed by atoms with Crippen molar-refractivity contribution in [2.75, 3.05) is 71.5 Å². The lowest BCUT2D eigenvalue weighted by Gasteiger charge is -2.36. The van der Waals surface area contributed by atoms with Gasteiger partial charge in [0.15, 0.2) is 5.96 Å². The van der Waals surface area contributed by atoms with E-state index in [1.165, 1.54) is 0 Å². The van der Waals surface area contributed by atoms with Crippen LogP contribution in [0.4, 0.5) is 5.69 Å². The van der Waals surface area contributed by atoms with Gasteiger partial charge in [-0.1, -0.05) is 6.07 Å². The number of carboxylic acids is 1.